The van der Waals surface area contributed by atoms with Crippen LogP contribution in [0.15, 0.2) is 0 Å². The average Bonchev–Trinajstić information content (AvgIpc) is 2.09. The van der Waals surface area contributed by atoms with Crippen molar-refractivity contribution in [3.63, 3.8) is 0 Å². The summed E-state index contributed by atoms with van der Waals surface area (Å²) >= 11 is 5.40. The van der Waals surface area contributed by atoms with Gasteiger partial charge < -0.3 is 5.11 Å². The van der Waals surface area contributed by atoms with E-state index in [1.807, 2.05) is 0 Å². The van der Waals surface area contributed by atoms with Crippen molar-refractivity contribution in [1.82, 2.24) is 9.78 Å². The van der Waals surface area contributed by atoms with E-state index in [1.165, 1.54) is 11.7 Å². The van der Waals surface area contributed by atoms with Gasteiger partial charge in [-0.05, 0) is 0 Å². The van der Waals surface area contributed by atoms with E-state index in [0.717, 1.165) is 0 Å². The van der Waals surface area contributed by atoms with E-state index in [-0.39, 0.29) is 11.6 Å². The number of halogens is 2. The summed E-state index contributed by atoms with van der Waals surface area (Å²) in [5, 5.41) is 11.8. The molecule has 0 saturated carbocycles. The van der Waals surface area contributed by atoms with Crippen LogP contribution in [0.1, 0.15) is 5.69 Å². The minimum Gasteiger partial charge on any atom is -0.390 e. The summed E-state index contributed by atoms with van der Waals surface area (Å²) in [6.07, 6.45) is 0. The Balaban J connectivity index is 3.20. The van der Waals surface area contributed by atoms with Crippen LogP contribution in [-0.2, 0) is 13.7 Å². The van der Waals surface area contributed by atoms with Crippen molar-refractivity contribution < 1.29 is 9.50 Å². The third-order valence-electron chi connectivity index (χ3n) is 1.21. The molecule has 1 rings (SSSR count). The fourth-order valence-electron chi connectivity index (χ4n) is 0.669. The first kappa shape index (κ1) is 7.50. The number of aryl methyl sites for hydroxylation is 1. The molecule has 1 aromatic rings. The number of aliphatic hydroxyl groups is 1. The molecular weight excluding hydrogens is 159 g/mol. The van der Waals surface area contributed by atoms with Gasteiger partial charge in [0.25, 0.3) is 5.95 Å². The van der Waals surface area contributed by atoms with Crippen molar-refractivity contribution in [3.05, 3.63) is 16.7 Å². The molecule has 0 aliphatic rings. The fourth-order valence-corrected chi connectivity index (χ4v) is 0.889. The highest BCUT2D eigenvalue weighted by molar-refractivity contribution is 6.31. The Kier molecular flexibility index (Phi) is 1.92. The van der Waals surface area contributed by atoms with Gasteiger partial charge in [-0.3, -0.25) is 4.68 Å². The van der Waals surface area contributed by atoms with E-state index in [0.29, 0.717) is 5.69 Å². The number of aromatic nitrogens is 2. The number of rotatable bonds is 1. The van der Waals surface area contributed by atoms with Crippen molar-refractivity contribution >= 4 is 11.6 Å². The van der Waals surface area contributed by atoms with Crippen LogP contribution in [0.2, 0.25) is 5.02 Å². The van der Waals surface area contributed by atoms with E-state index in [2.05, 4.69) is 5.10 Å². The van der Waals surface area contributed by atoms with Gasteiger partial charge in [-0.2, -0.15) is 4.39 Å². The topological polar surface area (TPSA) is 38.0 Å². The van der Waals surface area contributed by atoms with Crippen molar-refractivity contribution in [3.8, 4) is 0 Å². The van der Waals surface area contributed by atoms with Crippen molar-refractivity contribution in [2.75, 3.05) is 0 Å². The number of hydrogen-bond donors (Lipinski definition) is 1. The molecule has 5 heteroatoms. The van der Waals surface area contributed by atoms with E-state index in [9.17, 15) is 4.39 Å². The lowest BCUT2D eigenvalue weighted by atomic mass is 10.4. The SMILES string of the molecule is Cn1nc(F)c(Cl)c1CO. The molecule has 1 heterocycles. The molecule has 3 nitrogen and oxygen atoms in total. The largest absolute Gasteiger partial charge is 0.390 e. The van der Waals surface area contributed by atoms with Crippen LogP contribution in [0.4, 0.5) is 4.39 Å². The zero-order chi connectivity index (χ0) is 7.72. The van der Waals surface area contributed by atoms with Crippen LogP contribution in [0.25, 0.3) is 0 Å². The monoisotopic (exact) mass is 164 g/mol. The summed E-state index contributed by atoms with van der Waals surface area (Å²) in [7, 11) is 1.51. The van der Waals surface area contributed by atoms with Crippen LogP contribution in [0.3, 0.4) is 0 Å². The van der Waals surface area contributed by atoms with Crippen LogP contribution in [0, 0.1) is 5.95 Å². The number of aliphatic hydroxyl groups excluding tert-OH is 1. The zero-order valence-electron chi connectivity index (χ0n) is 5.30. The predicted octanol–water partition coefficient (Wildman–Crippen LogP) is 0.705. The first-order chi connectivity index (χ1) is 4.66. The van der Waals surface area contributed by atoms with E-state index >= 15 is 0 Å². The lowest BCUT2D eigenvalue weighted by Crippen LogP contribution is -1.97. The molecule has 56 valence electrons. The predicted molar refractivity (Wildman–Crippen MR) is 34.1 cm³/mol. The molecule has 0 bridgehead atoms. The molecular formula is C5H6ClFN2O. The van der Waals surface area contributed by atoms with E-state index in [1.54, 1.807) is 0 Å². The number of hydrogen-bond acceptors (Lipinski definition) is 2. The standard InChI is InChI=1S/C5H6ClFN2O/c1-9-3(2-10)4(6)5(7)8-9/h10H,2H2,1H3. The lowest BCUT2D eigenvalue weighted by Gasteiger charge is -1.93. The second kappa shape index (κ2) is 2.56. The molecule has 0 amide bonds. The first-order valence-corrected chi connectivity index (χ1v) is 3.02. The minimum atomic E-state index is -0.742. The zero-order valence-corrected chi connectivity index (χ0v) is 6.06. The summed E-state index contributed by atoms with van der Waals surface area (Å²) in [5.41, 5.74) is 0.291. The second-order valence-corrected chi connectivity index (χ2v) is 2.21. The molecule has 0 aliphatic heterocycles. The highest BCUT2D eigenvalue weighted by Gasteiger charge is 2.11. The Morgan fingerprint density at radius 2 is 2.40 bits per heavy atom. The van der Waals surface area contributed by atoms with Gasteiger partial charge in [-0.25, -0.2) is 0 Å². The summed E-state index contributed by atoms with van der Waals surface area (Å²) in [5.74, 6) is -0.742. The Labute approximate surface area is 62.0 Å². The second-order valence-electron chi connectivity index (χ2n) is 1.83. The fraction of sp³-hybridized carbons (Fsp3) is 0.400. The molecule has 1 N–H and O–H groups in total. The molecule has 0 fully saturated rings. The molecule has 0 aromatic carbocycles. The van der Waals surface area contributed by atoms with Gasteiger partial charge in [0.2, 0.25) is 0 Å². The van der Waals surface area contributed by atoms with Crippen LogP contribution in [-0.4, -0.2) is 14.9 Å². The Hall–Kier alpha value is -0.610. The third kappa shape index (κ3) is 0.998. The lowest BCUT2D eigenvalue weighted by molar-refractivity contribution is 0.270. The maximum Gasteiger partial charge on any atom is 0.251 e. The Bertz CT molecular complexity index is 248. The Morgan fingerprint density at radius 1 is 1.80 bits per heavy atom. The van der Waals surface area contributed by atoms with Gasteiger partial charge >= 0.3 is 0 Å². The van der Waals surface area contributed by atoms with Gasteiger partial charge in [-0.1, -0.05) is 11.6 Å². The Morgan fingerprint density at radius 3 is 2.60 bits per heavy atom. The molecule has 0 atom stereocenters. The van der Waals surface area contributed by atoms with Crippen LogP contribution in [0.5, 0.6) is 0 Å². The summed E-state index contributed by atoms with van der Waals surface area (Å²) in [4.78, 5) is 0. The van der Waals surface area contributed by atoms with Gasteiger partial charge in [0.15, 0.2) is 0 Å². The van der Waals surface area contributed by atoms with Gasteiger partial charge in [0.05, 0.1) is 12.3 Å². The summed E-state index contributed by atoms with van der Waals surface area (Å²) < 4.78 is 13.6. The maximum atomic E-state index is 12.4. The third-order valence-corrected chi connectivity index (χ3v) is 1.59. The average molecular weight is 165 g/mol. The van der Waals surface area contributed by atoms with E-state index in [4.69, 9.17) is 16.7 Å². The van der Waals surface area contributed by atoms with Crippen LogP contribution >= 0.6 is 11.6 Å². The molecule has 0 radical (unpaired) electrons. The van der Waals surface area contributed by atoms with Gasteiger partial charge in [-0.15, -0.1) is 5.10 Å². The smallest absolute Gasteiger partial charge is 0.251 e. The quantitative estimate of drug-likeness (QED) is 0.664. The molecule has 1 aromatic heterocycles. The molecule has 10 heavy (non-hydrogen) atoms. The normalized spacial score (nSPS) is 10.4. The van der Waals surface area contributed by atoms with Crippen molar-refractivity contribution in [1.29, 1.82) is 0 Å². The summed E-state index contributed by atoms with van der Waals surface area (Å²) in [6.45, 7) is -0.299. The molecule has 0 aliphatic carbocycles. The molecule has 0 saturated heterocycles. The highest BCUT2D eigenvalue weighted by Crippen LogP contribution is 2.17. The van der Waals surface area contributed by atoms with Crippen molar-refractivity contribution in [2.24, 2.45) is 7.05 Å². The molecule has 0 spiro atoms. The van der Waals surface area contributed by atoms with E-state index < -0.39 is 5.95 Å². The van der Waals surface area contributed by atoms with Crippen LogP contribution < -0.4 is 0 Å². The van der Waals surface area contributed by atoms with Crippen molar-refractivity contribution in [2.45, 2.75) is 6.61 Å². The van der Waals surface area contributed by atoms with Gasteiger partial charge in [0, 0.05) is 7.05 Å². The van der Waals surface area contributed by atoms with Gasteiger partial charge in [0.1, 0.15) is 5.02 Å². The minimum absolute atomic E-state index is 0.106. The highest BCUT2D eigenvalue weighted by atomic mass is 35.5. The summed E-state index contributed by atoms with van der Waals surface area (Å²) in [6, 6.07) is 0. The number of nitrogens with zero attached hydrogens (tertiary/aromatic N) is 2. The molecule has 0 unspecified atom stereocenters. The maximum absolute atomic E-state index is 12.4. The first-order valence-electron chi connectivity index (χ1n) is 2.64.